The number of hydrogen-bond acceptors (Lipinski definition) is 3. The van der Waals surface area contributed by atoms with Gasteiger partial charge in [-0.1, -0.05) is 42.5 Å². The largest absolute Gasteiger partial charge is 0.489 e. The lowest BCUT2D eigenvalue weighted by Gasteiger charge is -2.16. The van der Waals surface area contributed by atoms with E-state index < -0.39 is 0 Å². The predicted molar refractivity (Wildman–Crippen MR) is 120 cm³/mol. The molecule has 1 aliphatic heterocycles. The van der Waals surface area contributed by atoms with Crippen LogP contribution in [0.3, 0.4) is 0 Å². The minimum absolute atomic E-state index is 0.284. The standard InChI is InChI=1S/C24H32N4O2/c1-2-25-24(26-14-8-16-28-15-7-13-23(28)29)27-18-20-9-6-10-21(17-20)19-30-22-11-4-3-5-12-22/h3-6,9-12,17H,2,7-8,13-16,18-19H2,1H3,(H2,25,26,27). The molecule has 2 N–H and O–H groups in total. The molecule has 0 radical (unpaired) electrons. The first-order chi connectivity index (χ1) is 14.7. The molecule has 1 aliphatic rings. The Hall–Kier alpha value is -3.02. The number of carbonyl (C=O) groups excluding carboxylic acids is 1. The van der Waals surface area contributed by atoms with Crippen molar-refractivity contribution in [3.8, 4) is 5.75 Å². The van der Waals surface area contributed by atoms with Gasteiger partial charge in [0, 0.05) is 32.6 Å². The van der Waals surface area contributed by atoms with Gasteiger partial charge in [0.1, 0.15) is 12.4 Å². The van der Waals surface area contributed by atoms with Gasteiger partial charge in [0.2, 0.25) is 5.91 Å². The number of benzene rings is 2. The Bertz CT molecular complexity index is 823. The zero-order valence-electron chi connectivity index (χ0n) is 17.8. The van der Waals surface area contributed by atoms with E-state index >= 15 is 0 Å². The lowest BCUT2D eigenvalue weighted by Crippen LogP contribution is -2.39. The lowest BCUT2D eigenvalue weighted by molar-refractivity contribution is -0.127. The Kier molecular flexibility index (Phi) is 8.57. The minimum Gasteiger partial charge on any atom is -0.489 e. The van der Waals surface area contributed by atoms with Crippen molar-refractivity contribution in [2.24, 2.45) is 4.99 Å². The molecule has 0 unspecified atom stereocenters. The van der Waals surface area contributed by atoms with Crippen LogP contribution in [-0.4, -0.2) is 42.9 Å². The summed E-state index contributed by atoms with van der Waals surface area (Å²) in [5.74, 6) is 1.96. The molecule has 6 nitrogen and oxygen atoms in total. The number of para-hydroxylation sites is 1. The van der Waals surface area contributed by atoms with E-state index in [-0.39, 0.29) is 5.91 Å². The molecule has 1 heterocycles. The van der Waals surface area contributed by atoms with Gasteiger partial charge in [0.05, 0.1) is 6.54 Å². The zero-order chi connectivity index (χ0) is 21.0. The molecule has 2 aromatic carbocycles. The number of ether oxygens (including phenoxy) is 1. The Morgan fingerprint density at radius 3 is 2.70 bits per heavy atom. The van der Waals surface area contributed by atoms with Crippen molar-refractivity contribution in [2.75, 3.05) is 26.2 Å². The first-order valence-electron chi connectivity index (χ1n) is 10.8. The molecule has 0 saturated carbocycles. The van der Waals surface area contributed by atoms with Crippen LogP contribution in [-0.2, 0) is 17.9 Å². The summed E-state index contributed by atoms with van der Waals surface area (Å²) < 4.78 is 5.84. The number of rotatable bonds is 10. The highest BCUT2D eigenvalue weighted by atomic mass is 16.5. The van der Waals surface area contributed by atoms with E-state index in [0.717, 1.165) is 61.9 Å². The van der Waals surface area contributed by atoms with Gasteiger partial charge < -0.3 is 20.3 Å². The Labute approximate surface area is 179 Å². The number of amides is 1. The van der Waals surface area contributed by atoms with Crippen molar-refractivity contribution in [3.63, 3.8) is 0 Å². The van der Waals surface area contributed by atoms with Gasteiger partial charge in [-0.2, -0.15) is 0 Å². The van der Waals surface area contributed by atoms with Crippen molar-refractivity contribution < 1.29 is 9.53 Å². The molecule has 3 rings (SSSR count). The fourth-order valence-corrected chi connectivity index (χ4v) is 3.43. The Morgan fingerprint density at radius 2 is 1.93 bits per heavy atom. The molecule has 0 atom stereocenters. The first-order valence-corrected chi connectivity index (χ1v) is 10.8. The van der Waals surface area contributed by atoms with E-state index in [1.54, 1.807) is 0 Å². The summed E-state index contributed by atoms with van der Waals surface area (Å²) in [5.41, 5.74) is 2.27. The number of guanidine groups is 1. The summed E-state index contributed by atoms with van der Waals surface area (Å²) in [6.45, 7) is 6.50. The topological polar surface area (TPSA) is 66.0 Å². The van der Waals surface area contributed by atoms with Gasteiger partial charge >= 0.3 is 0 Å². The Morgan fingerprint density at radius 1 is 1.10 bits per heavy atom. The summed E-state index contributed by atoms with van der Waals surface area (Å²) >= 11 is 0. The molecular weight excluding hydrogens is 376 g/mol. The molecular formula is C24H32N4O2. The third kappa shape index (κ3) is 7.10. The molecule has 6 heteroatoms. The second-order valence-electron chi connectivity index (χ2n) is 7.38. The summed E-state index contributed by atoms with van der Waals surface area (Å²) in [5, 5.41) is 6.65. The highest BCUT2D eigenvalue weighted by Gasteiger charge is 2.18. The number of likely N-dealkylation sites (tertiary alicyclic amines) is 1. The van der Waals surface area contributed by atoms with E-state index in [1.807, 2.05) is 41.3 Å². The van der Waals surface area contributed by atoms with Crippen LogP contribution in [0.25, 0.3) is 0 Å². The van der Waals surface area contributed by atoms with Crippen LogP contribution in [0, 0.1) is 0 Å². The van der Waals surface area contributed by atoms with E-state index in [0.29, 0.717) is 19.6 Å². The van der Waals surface area contributed by atoms with Crippen LogP contribution in [0.15, 0.2) is 59.6 Å². The maximum Gasteiger partial charge on any atom is 0.222 e. The van der Waals surface area contributed by atoms with E-state index in [1.165, 1.54) is 0 Å². The summed E-state index contributed by atoms with van der Waals surface area (Å²) in [4.78, 5) is 18.3. The number of aliphatic imine (C=N–C) groups is 1. The van der Waals surface area contributed by atoms with Crippen LogP contribution in [0.5, 0.6) is 5.75 Å². The first kappa shape index (κ1) is 21.7. The quantitative estimate of drug-likeness (QED) is 0.360. The van der Waals surface area contributed by atoms with Crippen molar-refractivity contribution in [2.45, 2.75) is 39.3 Å². The van der Waals surface area contributed by atoms with E-state index in [4.69, 9.17) is 9.73 Å². The summed E-state index contributed by atoms with van der Waals surface area (Å²) in [6.07, 6.45) is 2.61. The highest BCUT2D eigenvalue weighted by molar-refractivity contribution is 5.79. The van der Waals surface area contributed by atoms with Crippen LogP contribution >= 0.6 is 0 Å². The molecule has 30 heavy (non-hydrogen) atoms. The maximum atomic E-state index is 11.7. The molecule has 0 spiro atoms. The van der Waals surface area contributed by atoms with Gasteiger partial charge in [-0.15, -0.1) is 0 Å². The van der Waals surface area contributed by atoms with Crippen LogP contribution in [0.4, 0.5) is 0 Å². The molecule has 0 aliphatic carbocycles. The van der Waals surface area contributed by atoms with Crippen LogP contribution in [0.2, 0.25) is 0 Å². The monoisotopic (exact) mass is 408 g/mol. The Balaban J connectivity index is 1.46. The smallest absolute Gasteiger partial charge is 0.222 e. The summed E-state index contributed by atoms with van der Waals surface area (Å²) in [7, 11) is 0. The molecule has 0 aromatic heterocycles. The predicted octanol–water partition coefficient (Wildman–Crippen LogP) is 3.33. The minimum atomic E-state index is 0.284. The van der Waals surface area contributed by atoms with Gasteiger partial charge in [-0.25, -0.2) is 4.99 Å². The summed E-state index contributed by atoms with van der Waals surface area (Å²) in [6, 6.07) is 18.2. The van der Waals surface area contributed by atoms with E-state index in [2.05, 4.69) is 35.8 Å². The number of carbonyl (C=O) groups is 1. The molecule has 0 bridgehead atoms. The second-order valence-corrected chi connectivity index (χ2v) is 7.38. The van der Waals surface area contributed by atoms with E-state index in [9.17, 15) is 4.79 Å². The van der Waals surface area contributed by atoms with Crippen molar-refractivity contribution in [1.29, 1.82) is 0 Å². The molecule has 1 amide bonds. The molecule has 160 valence electrons. The fraction of sp³-hybridized carbons (Fsp3) is 0.417. The third-order valence-electron chi connectivity index (χ3n) is 4.97. The maximum absolute atomic E-state index is 11.7. The SMILES string of the molecule is CCNC(=NCc1cccc(COc2ccccc2)c1)NCCCN1CCCC1=O. The van der Waals surface area contributed by atoms with Crippen molar-refractivity contribution in [3.05, 3.63) is 65.7 Å². The number of nitrogens with one attached hydrogen (secondary N) is 2. The van der Waals surface area contributed by atoms with Gasteiger partial charge in [-0.05, 0) is 43.0 Å². The van der Waals surface area contributed by atoms with Crippen molar-refractivity contribution in [1.82, 2.24) is 15.5 Å². The fourth-order valence-electron chi connectivity index (χ4n) is 3.43. The van der Waals surface area contributed by atoms with Crippen LogP contribution < -0.4 is 15.4 Å². The van der Waals surface area contributed by atoms with Gasteiger partial charge in [-0.3, -0.25) is 4.79 Å². The lowest BCUT2D eigenvalue weighted by atomic mass is 10.1. The van der Waals surface area contributed by atoms with Gasteiger partial charge in [0.15, 0.2) is 5.96 Å². The second kappa shape index (κ2) is 11.9. The average molecular weight is 409 g/mol. The molecule has 2 aromatic rings. The normalized spacial score (nSPS) is 14.1. The number of hydrogen-bond donors (Lipinski definition) is 2. The average Bonchev–Trinajstić information content (AvgIpc) is 3.19. The zero-order valence-corrected chi connectivity index (χ0v) is 17.8. The third-order valence-corrected chi connectivity index (χ3v) is 4.97. The van der Waals surface area contributed by atoms with Gasteiger partial charge in [0.25, 0.3) is 0 Å². The van der Waals surface area contributed by atoms with Crippen molar-refractivity contribution >= 4 is 11.9 Å². The highest BCUT2D eigenvalue weighted by Crippen LogP contribution is 2.13. The van der Waals surface area contributed by atoms with Crippen LogP contribution in [0.1, 0.15) is 37.3 Å². The molecule has 1 fully saturated rings. The number of nitrogens with zero attached hydrogens (tertiary/aromatic N) is 2. The molecule has 1 saturated heterocycles.